The first-order valence-electron chi connectivity index (χ1n) is 9.09. The number of halogens is 2. The lowest BCUT2D eigenvalue weighted by Crippen LogP contribution is -2.41. The molecule has 1 fully saturated rings. The number of methoxy groups -OCH3 is 1. The molecule has 0 aliphatic carbocycles. The molecule has 1 heterocycles. The molecule has 0 aromatic heterocycles. The van der Waals surface area contributed by atoms with E-state index >= 15 is 0 Å². The fourth-order valence-corrected chi connectivity index (χ4v) is 3.83. The number of nitrogens with zero attached hydrogens (tertiary/aromatic N) is 1. The number of benzene rings is 2. The predicted molar refractivity (Wildman–Crippen MR) is 114 cm³/mol. The molecule has 0 spiro atoms. The number of anilines is 1. The van der Waals surface area contributed by atoms with Gasteiger partial charge in [-0.2, -0.15) is 0 Å². The maximum atomic E-state index is 12.9. The maximum absolute atomic E-state index is 12.9. The number of carbonyl (C=O) groups excluding carboxylic acids is 2. The highest BCUT2D eigenvalue weighted by molar-refractivity contribution is 9.10. The first-order chi connectivity index (χ1) is 13.4. The lowest BCUT2D eigenvalue weighted by atomic mass is 9.95. The Labute approximate surface area is 178 Å². The molecule has 1 N–H and O–H groups in total. The zero-order valence-electron chi connectivity index (χ0n) is 15.8. The molecule has 28 heavy (non-hydrogen) atoms. The second kappa shape index (κ2) is 8.97. The lowest BCUT2D eigenvalue weighted by molar-refractivity contribution is -0.121. The van der Waals surface area contributed by atoms with Gasteiger partial charge in [-0.05, 0) is 55.7 Å². The van der Waals surface area contributed by atoms with Crippen molar-refractivity contribution in [1.29, 1.82) is 0 Å². The monoisotopic (exact) mass is 464 g/mol. The highest BCUT2D eigenvalue weighted by atomic mass is 79.9. The number of aryl methyl sites for hydroxylation is 1. The molecule has 1 aliphatic rings. The van der Waals surface area contributed by atoms with Crippen LogP contribution in [0.5, 0.6) is 5.75 Å². The summed E-state index contributed by atoms with van der Waals surface area (Å²) in [6.45, 7) is 3.03. The third kappa shape index (κ3) is 4.67. The van der Waals surface area contributed by atoms with Crippen LogP contribution in [0, 0.1) is 12.8 Å². The van der Waals surface area contributed by atoms with Crippen LogP contribution in [0.3, 0.4) is 0 Å². The summed E-state index contributed by atoms with van der Waals surface area (Å²) in [6.07, 6.45) is 1.24. The highest BCUT2D eigenvalue weighted by Gasteiger charge is 2.29. The topological polar surface area (TPSA) is 58.6 Å². The van der Waals surface area contributed by atoms with Crippen molar-refractivity contribution in [3.8, 4) is 5.75 Å². The number of carbonyl (C=O) groups is 2. The van der Waals surface area contributed by atoms with E-state index in [0.717, 1.165) is 15.7 Å². The van der Waals surface area contributed by atoms with Crippen molar-refractivity contribution in [3.05, 3.63) is 57.0 Å². The molecular weight excluding hydrogens is 444 g/mol. The quantitative estimate of drug-likeness (QED) is 0.698. The van der Waals surface area contributed by atoms with Crippen LogP contribution < -0.4 is 10.1 Å². The summed E-state index contributed by atoms with van der Waals surface area (Å²) in [7, 11) is 1.53. The van der Waals surface area contributed by atoms with E-state index < -0.39 is 0 Å². The van der Waals surface area contributed by atoms with Gasteiger partial charge in [0.2, 0.25) is 5.91 Å². The Bertz CT molecular complexity index is 895. The maximum Gasteiger partial charge on any atom is 0.257 e. The van der Waals surface area contributed by atoms with E-state index in [1.807, 2.05) is 25.1 Å². The van der Waals surface area contributed by atoms with Gasteiger partial charge in [-0.15, -0.1) is 0 Å². The summed E-state index contributed by atoms with van der Waals surface area (Å²) >= 11 is 9.52. The van der Waals surface area contributed by atoms with Gasteiger partial charge in [0.25, 0.3) is 5.91 Å². The van der Waals surface area contributed by atoms with E-state index in [1.54, 1.807) is 23.1 Å². The number of amides is 2. The van der Waals surface area contributed by atoms with E-state index in [1.165, 1.54) is 7.11 Å². The van der Waals surface area contributed by atoms with Gasteiger partial charge in [-0.1, -0.05) is 33.6 Å². The fourth-order valence-electron chi connectivity index (χ4n) is 3.28. The van der Waals surface area contributed by atoms with Gasteiger partial charge in [0.1, 0.15) is 5.75 Å². The lowest BCUT2D eigenvalue weighted by Gasteiger charge is -2.31. The second-order valence-electron chi connectivity index (χ2n) is 6.86. The molecule has 148 valence electrons. The molecule has 0 bridgehead atoms. The Kier molecular flexibility index (Phi) is 6.62. The van der Waals surface area contributed by atoms with Gasteiger partial charge >= 0.3 is 0 Å². The van der Waals surface area contributed by atoms with Gasteiger partial charge in [-0.3, -0.25) is 9.59 Å². The predicted octanol–water partition coefficient (Wildman–Crippen LogP) is 4.91. The van der Waals surface area contributed by atoms with Crippen molar-refractivity contribution in [3.63, 3.8) is 0 Å². The van der Waals surface area contributed by atoms with Crippen molar-refractivity contribution in [2.45, 2.75) is 19.8 Å². The number of ether oxygens (including phenoxy) is 1. The van der Waals surface area contributed by atoms with Crippen LogP contribution >= 0.6 is 27.5 Å². The van der Waals surface area contributed by atoms with E-state index in [2.05, 4.69) is 21.2 Å². The van der Waals surface area contributed by atoms with Crippen molar-refractivity contribution in [2.24, 2.45) is 5.92 Å². The minimum Gasteiger partial charge on any atom is -0.496 e. The molecule has 2 aromatic carbocycles. The molecule has 2 amide bonds. The average molecular weight is 466 g/mol. The molecule has 1 saturated heterocycles. The summed E-state index contributed by atoms with van der Waals surface area (Å²) in [5.74, 6) is 0.244. The summed E-state index contributed by atoms with van der Waals surface area (Å²) in [4.78, 5) is 27.2. The summed E-state index contributed by atoms with van der Waals surface area (Å²) in [5.41, 5.74) is 2.33. The standard InChI is InChI=1S/C21H22BrClN2O3/c1-13-3-5-16(12-18(13)22)24-20(26)14-7-9-25(10-8-14)21(27)17-11-15(23)4-6-19(17)28-2/h3-6,11-12,14H,7-10H2,1-2H3,(H,24,26). The summed E-state index contributed by atoms with van der Waals surface area (Å²) in [6, 6.07) is 10.8. The Hall–Kier alpha value is -2.05. The first kappa shape index (κ1) is 20.7. The SMILES string of the molecule is COc1ccc(Cl)cc1C(=O)N1CCC(C(=O)Nc2ccc(C)c(Br)c2)CC1. The normalized spacial score (nSPS) is 14.6. The van der Waals surface area contributed by atoms with Crippen molar-refractivity contribution < 1.29 is 14.3 Å². The van der Waals surface area contributed by atoms with E-state index in [0.29, 0.717) is 42.3 Å². The van der Waals surface area contributed by atoms with Gasteiger partial charge in [0, 0.05) is 34.2 Å². The molecule has 7 heteroatoms. The smallest absolute Gasteiger partial charge is 0.257 e. The Morgan fingerprint density at radius 3 is 2.54 bits per heavy atom. The van der Waals surface area contributed by atoms with Crippen LogP contribution in [0.4, 0.5) is 5.69 Å². The van der Waals surface area contributed by atoms with Crippen molar-refractivity contribution in [1.82, 2.24) is 4.90 Å². The zero-order chi connectivity index (χ0) is 20.3. The summed E-state index contributed by atoms with van der Waals surface area (Å²) in [5, 5.41) is 3.46. The molecule has 2 aromatic rings. The van der Waals surface area contributed by atoms with Crippen LogP contribution in [0.25, 0.3) is 0 Å². The molecule has 1 aliphatic heterocycles. The van der Waals surface area contributed by atoms with E-state index in [9.17, 15) is 9.59 Å². The number of hydrogen-bond donors (Lipinski definition) is 1. The highest BCUT2D eigenvalue weighted by Crippen LogP contribution is 2.27. The minimum absolute atomic E-state index is 0.0109. The van der Waals surface area contributed by atoms with E-state index in [-0.39, 0.29) is 17.7 Å². The molecular formula is C21H22BrClN2O3. The largest absolute Gasteiger partial charge is 0.496 e. The van der Waals surface area contributed by atoms with Crippen LogP contribution in [0.1, 0.15) is 28.8 Å². The summed E-state index contributed by atoms with van der Waals surface area (Å²) < 4.78 is 6.24. The minimum atomic E-state index is -0.124. The zero-order valence-corrected chi connectivity index (χ0v) is 18.1. The molecule has 3 rings (SSSR count). The molecule has 0 radical (unpaired) electrons. The van der Waals surface area contributed by atoms with Crippen LogP contribution in [-0.4, -0.2) is 36.9 Å². The van der Waals surface area contributed by atoms with Gasteiger partial charge < -0.3 is 15.0 Å². The first-order valence-corrected chi connectivity index (χ1v) is 10.3. The van der Waals surface area contributed by atoms with Gasteiger partial charge in [0.15, 0.2) is 0 Å². The number of piperidine rings is 1. The second-order valence-corrected chi connectivity index (χ2v) is 8.16. The van der Waals surface area contributed by atoms with Crippen LogP contribution in [0.2, 0.25) is 5.02 Å². The molecule has 0 atom stereocenters. The number of rotatable bonds is 4. The van der Waals surface area contributed by atoms with Crippen molar-refractivity contribution >= 4 is 45.0 Å². The Balaban J connectivity index is 1.61. The molecule has 0 saturated carbocycles. The number of nitrogens with one attached hydrogen (secondary N) is 1. The Morgan fingerprint density at radius 2 is 1.89 bits per heavy atom. The Morgan fingerprint density at radius 1 is 1.18 bits per heavy atom. The van der Waals surface area contributed by atoms with Crippen LogP contribution in [0.15, 0.2) is 40.9 Å². The van der Waals surface area contributed by atoms with Gasteiger partial charge in [0.05, 0.1) is 12.7 Å². The van der Waals surface area contributed by atoms with Crippen molar-refractivity contribution in [2.75, 3.05) is 25.5 Å². The third-order valence-electron chi connectivity index (χ3n) is 4.98. The fraction of sp³-hybridized carbons (Fsp3) is 0.333. The number of likely N-dealkylation sites (tertiary alicyclic amines) is 1. The third-order valence-corrected chi connectivity index (χ3v) is 6.07. The number of hydrogen-bond acceptors (Lipinski definition) is 3. The average Bonchev–Trinajstić information content (AvgIpc) is 2.70. The van der Waals surface area contributed by atoms with Gasteiger partial charge in [-0.25, -0.2) is 0 Å². The van der Waals surface area contributed by atoms with E-state index in [4.69, 9.17) is 16.3 Å². The molecule has 5 nitrogen and oxygen atoms in total. The van der Waals surface area contributed by atoms with Crippen LogP contribution in [-0.2, 0) is 4.79 Å². The molecule has 0 unspecified atom stereocenters.